The lowest BCUT2D eigenvalue weighted by molar-refractivity contribution is -0.151. The maximum atomic E-state index is 12.5. The van der Waals surface area contributed by atoms with Crippen LogP contribution in [-0.4, -0.2) is 43.1 Å². The lowest BCUT2D eigenvalue weighted by Crippen LogP contribution is -2.42. The Balaban J connectivity index is 1.92. The number of nitrogens with zero attached hydrogens (tertiary/aromatic N) is 1. The van der Waals surface area contributed by atoms with Crippen LogP contribution >= 0.6 is 11.6 Å². The van der Waals surface area contributed by atoms with Crippen LogP contribution in [0, 0.1) is 12.8 Å². The fourth-order valence-corrected chi connectivity index (χ4v) is 3.27. The quantitative estimate of drug-likeness (QED) is 0.700. The van der Waals surface area contributed by atoms with E-state index < -0.39 is 0 Å². The molecule has 1 aliphatic rings. The molecule has 2 rings (SSSR count). The summed E-state index contributed by atoms with van der Waals surface area (Å²) in [6.07, 6.45) is 1.28. The van der Waals surface area contributed by atoms with Crippen LogP contribution in [0.3, 0.4) is 0 Å². The molecule has 0 spiro atoms. The molecular weight excluding hydrogens is 354 g/mol. The highest BCUT2D eigenvalue weighted by molar-refractivity contribution is 6.31. The molecule has 1 amide bonds. The topological polar surface area (TPSA) is 55.8 Å². The number of aryl methyl sites for hydroxylation is 1. The number of rotatable bonds is 6. The Morgan fingerprint density at radius 3 is 2.50 bits per heavy atom. The third kappa shape index (κ3) is 5.13. The van der Waals surface area contributed by atoms with E-state index in [9.17, 15) is 9.59 Å². The van der Waals surface area contributed by atoms with Crippen LogP contribution in [0.25, 0.3) is 0 Å². The van der Waals surface area contributed by atoms with E-state index in [1.54, 1.807) is 11.8 Å². The van der Waals surface area contributed by atoms with Gasteiger partial charge in [0, 0.05) is 18.1 Å². The minimum atomic E-state index is -0.158. The highest BCUT2D eigenvalue weighted by atomic mass is 35.5. The fourth-order valence-electron chi connectivity index (χ4n) is 3.10. The number of hydrogen-bond donors (Lipinski definition) is 0. The summed E-state index contributed by atoms with van der Waals surface area (Å²) in [5, 5.41) is 0.702. The maximum absolute atomic E-state index is 12.5. The molecule has 1 fully saturated rings. The lowest BCUT2D eigenvalue weighted by Gasteiger charge is -2.31. The Kier molecular flexibility index (Phi) is 7.33. The van der Waals surface area contributed by atoms with Crippen LogP contribution in [0.15, 0.2) is 12.1 Å². The number of hydrogen-bond acceptors (Lipinski definition) is 4. The number of carbonyl (C=O) groups excluding carboxylic acids is 2. The number of amides is 1. The Morgan fingerprint density at radius 2 is 1.92 bits per heavy atom. The van der Waals surface area contributed by atoms with Gasteiger partial charge in [0.05, 0.1) is 12.5 Å². The zero-order chi connectivity index (χ0) is 19.3. The molecule has 1 heterocycles. The van der Waals surface area contributed by atoms with Gasteiger partial charge in [-0.05, 0) is 55.9 Å². The second-order valence-electron chi connectivity index (χ2n) is 6.99. The minimum absolute atomic E-state index is 0.00906. The van der Waals surface area contributed by atoms with Gasteiger partial charge in [0.2, 0.25) is 0 Å². The summed E-state index contributed by atoms with van der Waals surface area (Å²) in [7, 11) is 0. The highest BCUT2D eigenvalue weighted by Crippen LogP contribution is 2.32. The van der Waals surface area contributed by atoms with Crippen molar-refractivity contribution in [2.45, 2.75) is 46.5 Å². The average molecular weight is 382 g/mol. The summed E-state index contributed by atoms with van der Waals surface area (Å²) in [6.45, 7) is 9.35. The first-order chi connectivity index (χ1) is 12.3. The summed E-state index contributed by atoms with van der Waals surface area (Å²) in [6, 6.07) is 3.80. The summed E-state index contributed by atoms with van der Waals surface area (Å²) >= 11 is 6.21. The van der Waals surface area contributed by atoms with E-state index in [4.69, 9.17) is 21.1 Å². The molecule has 1 aliphatic heterocycles. The number of halogens is 1. The van der Waals surface area contributed by atoms with Gasteiger partial charge in [-0.15, -0.1) is 0 Å². The van der Waals surface area contributed by atoms with Gasteiger partial charge in [-0.2, -0.15) is 0 Å². The molecule has 0 radical (unpaired) electrons. The standard InChI is InChI=1S/C20H28ClNO4/c1-5-25-20(24)15-6-8-22(9-7-15)19(23)12-26-18-10-14(4)17(21)11-16(18)13(2)3/h10-11,13,15H,5-9,12H2,1-4H3. The van der Waals surface area contributed by atoms with Crippen LogP contribution in [0.1, 0.15) is 50.7 Å². The van der Waals surface area contributed by atoms with Crippen LogP contribution in [0.4, 0.5) is 0 Å². The van der Waals surface area contributed by atoms with Gasteiger partial charge >= 0.3 is 5.97 Å². The molecular formula is C20H28ClNO4. The largest absolute Gasteiger partial charge is 0.483 e. The molecule has 1 aromatic carbocycles. The van der Waals surface area contributed by atoms with E-state index in [0.29, 0.717) is 43.3 Å². The third-order valence-corrected chi connectivity index (χ3v) is 5.14. The molecule has 0 unspecified atom stereocenters. The number of carbonyl (C=O) groups is 2. The molecule has 0 N–H and O–H groups in total. The van der Waals surface area contributed by atoms with E-state index in [1.807, 2.05) is 19.1 Å². The van der Waals surface area contributed by atoms with Crippen LogP contribution in [-0.2, 0) is 14.3 Å². The van der Waals surface area contributed by atoms with Crippen molar-refractivity contribution >= 4 is 23.5 Å². The second kappa shape index (κ2) is 9.26. The molecule has 26 heavy (non-hydrogen) atoms. The van der Waals surface area contributed by atoms with Crippen molar-refractivity contribution in [1.29, 1.82) is 0 Å². The van der Waals surface area contributed by atoms with E-state index >= 15 is 0 Å². The van der Waals surface area contributed by atoms with Crippen molar-refractivity contribution in [2.24, 2.45) is 5.92 Å². The smallest absolute Gasteiger partial charge is 0.309 e. The van der Waals surface area contributed by atoms with Gasteiger partial charge in [-0.3, -0.25) is 9.59 Å². The molecule has 5 nitrogen and oxygen atoms in total. The minimum Gasteiger partial charge on any atom is -0.483 e. The van der Waals surface area contributed by atoms with Gasteiger partial charge in [0.15, 0.2) is 6.61 Å². The highest BCUT2D eigenvalue weighted by Gasteiger charge is 2.28. The summed E-state index contributed by atoms with van der Waals surface area (Å²) in [5.74, 6) is 0.630. The first-order valence-corrected chi connectivity index (χ1v) is 9.58. The van der Waals surface area contributed by atoms with Gasteiger partial charge in [0.1, 0.15) is 5.75 Å². The maximum Gasteiger partial charge on any atom is 0.309 e. The number of esters is 1. The number of likely N-dealkylation sites (tertiary alicyclic amines) is 1. The van der Waals surface area contributed by atoms with Crippen LogP contribution in [0.5, 0.6) is 5.75 Å². The van der Waals surface area contributed by atoms with Crippen molar-refractivity contribution in [3.05, 3.63) is 28.3 Å². The van der Waals surface area contributed by atoms with Crippen molar-refractivity contribution in [1.82, 2.24) is 4.90 Å². The SMILES string of the molecule is CCOC(=O)C1CCN(C(=O)COc2cc(C)c(Cl)cc2C(C)C)CC1. The van der Waals surface area contributed by atoms with Gasteiger partial charge in [-0.25, -0.2) is 0 Å². The molecule has 144 valence electrons. The van der Waals surface area contributed by atoms with Crippen molar-refractivity contribution in [3.8, 4) is 5.75 Å². The Bertz CT molecular complexity index is 651. The molecule has 0 bridgehead atoms. The number of ether oxygens (including phenoxy) is 2. The molecule has 6 heteroatoms. The molecule has 1 saturated heterocycles. The van der Waals surface area contributed by atoms with E-state index in [1.165, 1.54) is 0 Å². The van der Waals surface area contributed by atoms with E-state index in [-0.39, 0.29) is 30.3 Å². The molecule has 0 atom stereocenters. The lowest BCUT2D eigenvalue weighted by atomic mass is 9.97. The first kappa shape index (κ1) is 20.6. The summed E-state index contributed by atoms with van der Waals surface area (Å²) < 4.78 is 10.9. The Hall–Kier alpha value is -1.75. The van der Waals surface area contributed by atoms with E-state index in [2.05, 4.69) is 13.8 Å². The zero-order valence-corrected chi connectivity index (χ0v) is 16.8. The van der Waals surface area contributed by atoms with Crippen molar-refractivity contribution in [2.75, 3.05) is 26.3 Å². The van der Waals surface area contributed by atoms with Gasteiger partial charge in [-0.1, -0.05) is 25.4 Å². The fraction of sp³-hybridized carbons (Fsp3) is 0.600. The van der Waals surface area contributed by atoms with Crippen LogP contribution in [0.2, 0.25) is 5.02 Å². The Morgan fingerprint density at radius 1 is 1.27 bits per heavy atom. The predicted octanol–water partition coefficient (Wildman–Crippen LogP) is 3.95. The average Bonchev–Trinajstić information content (AvgIpc) is 2.62. The molecule has 0 saturated carbocycles. The van der Waals surface area contributed by atoms with Crippen molar-refractivity contribution in [3.63, 3.8) is 0 Å². The molecule has 0 aliphatic carbocycles. The second-order valence-corrected chi connectivity index (χ2v) is 7.40. The normalized spacial score (nSPS) is 15.2. The molecule has 1 aromatic rings. The monoisotopic (exact) mass is 381 g/mol. The Labute approximate surface area is 160 Å². The van der Waals surface area contributed by atoms with Crippen LogP contribution < -0.4 is 4.74 Å². The van der Waals surface area contributed by atoms with Crippen molar-refractivity contribution < 1.29 is 19.1 Å². The predicted molar refractivity (Wildman–Crippen MR) is 102 cm³/mol. The molecule has 0 aromatic heterocycles. The van der Waals surface area contributed by atoms with Gasteiger partial charge in [0.25, 0.3) is 5.91 Å². The third-order valence-electron chi connectivity index (χ3n) is 4.73. The number of benzene rings is 1. The zero-order valence-electron chi connectivity index (χ0n) is 16.0. The van der Waals surface area contributed by atoms with E-state index in [0.717, 1.165) is 11.1 Å². The summed E-state index contributed by atoms with van der Waals surface area (Å²) in [4.78, 5) is 26.0. The summed E-state index contributed by atoms with van der Waals surface area (Å²) in [5.41, 5.74) is 1.92. The first-order valence-electron chi connectivity index (χ1n) is 9.20. The van der Waals surface area contributed by atoms with Gasteiger partial charge < -0.3 is 14.4 Å². The number of piperidine rings is 1.